The first-order valence-electron chi connectivity index (χ1n) is 10.7. The average Bonchev–Trinajstić information content (AvgIpc) is 2.82. The second-order valence-electron chi connectivity index (χ2n) is 7.86. The summed E-state index contributed by atoms with van der Waals surface area (Å²) in [5, 5.41) is 6.20. The van der Waals surface area contributed by atoms with Crippen molar-refractivity contribution in [2.75, 3.05) is 28.6 Å². The molecule has 34 heavy (non-hydrogen) atoms. The van der Waals surface area contributed by atoms with Gasteiger partial charge in [0.15, 0.2) is 11.6 Å². The van der Waals surface area contributed by atoms with Crippen molar-refractivity contribution in [3.8, 4) is 0 Å². The van der Waals surface area contributed by atoms with Gasteiger partial charge in [-0.1, -0.05) is 17.7 Å². The van der Waals surface area contributed by atoms with E-state index in [1.165, 1.54) is 19.3 Å². The molecule has 1 aliphatic rings. The Morgan fingerprint density at radius 2 is 1.94 bits per heavy atom. The van der Waals surface area contributed by atoms with Crippen LogP contribution in [0.25, 0.3) is 0 Å². The van der Waals surface area contributed by atoms with Gasteiger partial charge in [-0.2, -0.15) is 4.98 Å². The van der Waals surface area contributed by atoms with Crippen LogP contribution in [-0.2, 0) is 16.1 Å². The van der Waals surface area contributed by atoms with Gasteiger partial charge in [-0.15, -0.1) is 0 Å². The van der Waals surface area contributed by atoms with E-state index in [1.54, 1.807) is 18.2 Å². The lowest BCUT2D eigenvalue weighted by Gasteiger charge is -2.31. The normalized spacial score (nSPS) is 14.2. The number of piperidine rings is 1. The van der Waals surface area contributed by atoms with Gasteiger partial charge >= 0.3 is 0 Å². The fourth-order valence-corrected chi connectivity index (χ4v) is 3.75. The van der Waals surface area contributed by atoms with Gasteiger partial charge in [-0.05, 0) is 48.7 Å². The first-order chi connectivity index (χ1) is 16.4. The summed E-state index contributed by atoms with van der Waals surface area (Å²) in [5.41, 5.74) is 1.74. The summed E-state index contributed by atoms with van der Waals surface area (Å²) >= 11 is 6.12. The third kappa shape index (κ3) is 6.15. The monoisotopic (exact) mass is 488 g/mol. The molecule has 0 saturated carbocycles. The number of carbonyl (C=O) groups is 1. The maximum absolute atomic E-state index is 13.4. The van der Waals surface area contributed by atoms with E-state index < -0.39 is 11.6 Å². The largest absolute Gasteiger partial charge is 0.373 e. The summed E-state index contributed by atoms with van der Waals surface area (Å²) in [5.74, 6) is -1.07. The molecule has 1 aromatic heterocycles. The van der Waals surface area contributed by atoms with Gasteiger partial charge in [0.1, 0.15) is 6.33 Å². The summed E-state index contributed by atoms with van der Waals surface area (Å²) < 4.78 is 32.3. The van der Waals surface area contributed by atoms with Crippen molar-refractivity contribution in [2.24, 2.45) is 0 Å². The number of rotatable bonds is 7. The topological polar surface area (TPSA) is 92.3 Å². The van der Waals surface area contributed by atoms with Crippen LogP contribution in [0.1, 0.15) is 25.3 Å². The van der Waals surface area contributed by atoms with Gasteiger partial charge in [0.2, 0.25) is 17.8 Å². The fourth-order valence-electron chi connectivity index (χ4n) is 3.58. The Hall–Kier alpha value is -3.37. The molecule has 0 bridgehead atoms. The predicted octanol–water partition coefficient (Wildman–Crippen LogP) is 4.69. The second kappa shape index (κ2) is 10.7. The van der Waals surface area contributed by atoms with E-state index >= 15 is 0 Å². The van der Waals surface area contributed by atoms with Crippen molar-refractivity contribution < 1.29 is 18.3 Å². The number of ether oxygens (including phenoxy) is 1. The molecule has 0 radical (unpaired) electrons. The zero-order chi connectivity index (χ0) is 24.1. The Morgan fingerprint density at radius 3 is 2.68 bits per heavy atom. The number of hydrogen-bond acceptors (Lipinski definition) is 7. The SMILES string of the molecule is CC(=O)Nc1cc(Nc2ncnc(N3CCC(OCc4ccc(F)c(F)c4)CC3)n2)ccc1Cl. The third-order valence-corrected chi connectivity index (χ3v) is 5.62. The highest BCUT2D eigenvalue weighted by molar-refractivity contribution is 6.33. The minimum Gasteiger partial charge on any atom is -0.373 e. The Morgan fingerprint density at radius 1 is 1.15 bits per heavy atom. The minimum absolute atomic E-state index is 0.00469. The molecule has 11 heteroatoms. The van der Waals surface area contributed by atoms with Crippen LogP contribution in [0.4, 0.5) is 32.1 Å². The van der Waals surface area contributed by atoms with E-state index in [0.29, 0.717) is 46.9 Å². The number of nitrogens with one attached hydrogen (secondary N) is 2. The molecule has 1 fully saturated rings. The molecule has 178 valence electrons. The number of hydrogen-bond donors (Lipinski definition) is 2. The van der Waals surface area contributed by atoms with Crippen LogP contribution in [0, 0.1) is 11.6 Å². The summed E-state index contributed by atoms with van der Waals surface area (Å²) in [7, 11) is 0. The molecule has 8 nitrogen and oxygen atoms in total. The molecule has 1 aliphatic heterocycles. The van der Waals surface area contributed by atoms with E-state index in [-0.39, 0.29) is 18.6 Å². The highest BCUT2D eigenvalue weighted by atomic mass is 35.5. The Bertz CT molecular complexity index is 1170. The van der Waals surface area contributed by atoms with Crippen molar-refractivity contribution in [3.63, 3.8) is 0 Å². The molecule has 1 saturated heterocycles. The minimum atomic E-state index is -0.875. The van der Waals surface area contributed by atoms with Gasteiger partial charge in [-0.3, -0.25) is 4.79 Å². The smallest absolute Gasteiger partial charge is 0.231 e. The molecule has 3 aromatic rings. The van der Waals surface area contributed by atoms with Crippen LogP contribution >= 0.6 is 11.6 Å². The molecule has 0 atom stereocenters. The van der Waals surface area contributed by atoms with Gasteiger partial charge < -0.3 is 20.3 Å². The van der Waals surface area contributed by atoms with Crippen LogP contribution in [0.5, 0.6) is 0 Å². The van der Waals surface area contributed by atoms with Gasteiger partial charge in [0, 0.05) is 25.7 Å². The number of carbonyl (C=O) groups excluding carboxylic acids is 1. The summed E-state index contributed by atoms with van der Waals surface area (Å²) in [4.78, 5) is 26.3. The van der Waals surface area contributed by atoms with Crippen LogP contribution in [0.15, 0.2) is 42.7 Å². The highest BCUT2D eigenvalue weighted by Crippen LogP contribution is 2.27. The van der Waals surface area contributed by atoms with E-state index in [2.05, 4.69) is 25.6 Å². The maximum Gasteiger partial charge on any atom is 0.231 e. The first-order valence-corrected chi connectivity index (χ1v) is 11.1. The Labute approximate surface area is 200 Å². The highest BCUT2D eigenvalue weighted by Gasteiger charge is 2.22. The molecule has 4 rings (SSSR count). The first kappa shape index (κ1) is 23.8. The Balaban J connectivity index is 1.33. The summed E-state index contributed by atoms with van der Waals surface area (Å²) in [6.45, 7) is 2.99. The lowest BCUT2D eigenvalue weighted by molar-refractivity contribution is -0.114. The van der Waals surface area contributed by atoms with Crippen molar-refractivity contribution in [2.45, 2.75) is 32.5 Å². The maximum atomic E-state index is 13.4. The van der Waals surface area contributed by atoms with Gasteiger partial charge in [0.25, 0.3) is 0 Å². The summed E-state index contributed by atoms with van der Waals surface area (Å²) in [6, 6.07) is 8.91. The third-order valence-electron chi connectivity index (χ3n) is 5.29. The molecule has 2 N–H and O–H groups in total. The van der Waals surface area contributed by atoms with E-state index in [0.717, 1.165) is 25.0 Å². The lowest BCUT2D eigenvalue weighted by atomic mass is 10.1. The van der Waals surface area contributed by atoms with Crippen molar-refractivity contribution in [1.82, 2.24) is 15.0 Å². The number of halogens is 3. The second-order valence-corrected chi connectivity index (χ2v) is 8.26. The van der Waals surface area contributed by atoms with Crippen LogP contribution in [0.2, 0.25) is 5.02 Å². The number of nitrogens with zero attached hydrogens (tertiary/aromatic N) is 4. The fraction of sp³-hybridized carbons (Fsp3) is 0.304. The summed E-state index contributed by atoms with van der Waals surface area (Å²) in [6.07, 6.45) is 2.93. The molecule has 2 heterocycles. The molecule has 1 amide bonds. The van der Waals surface area contributed by atoms with Crippen LogP contribution in [-0.4, -0.2) is 40.1 Å². The van der Waals surface area contributed by atoms with Gasteiger partial charge in [0.05, 0.1) is 23.4 Å². The average molecular weight is 489 g/mol. The van der Waals surface area contributed by atoms with E-state index in [4.69, 9.17) is 16.3 Å². The molecular weight excluding hydrogens is 466 g/mol. The number of anilines is 4. The zero-order valence-corrected chi connectivity index (χ0v) is 19.1. The van der Waals surface area contributed by atoms with Crippen molar-refractivity contribution >= 4 is 40.8 Å². The quantitative estimate of drug-likeness (QED) is 0.498. The molecular formula is C23H23ClF2N6O2. The Kier molecular flexibility index (Phi) is 7.49. The van der Waals surface area contributed by atoms with E-state index in [1.807, 2.05) is 4.90 Å². The van der Waals surface area contributed by atoms with Crippen molar-refractivity contribution in [1.29, 1.82) is 0 Å². The predicted molar refractivity (Wildman–Crippen MR) is 125 cm³/mol. The van der Waals surface area contributed by atoms with Crippen molar-refractivity contribution in [3.05, 3.63) is 64.9 Å². The number of benzene rings is 2. The standard InChI is InChI=1S/C23H23ClF2N6O2/c1-14(33)29-21-11-16(3-4-18(21)24)30-22-27-13-28-23(31-22)32-8-6-17(7-9-32)34-12-15-2-5-19(25)20(26)10-15/h2-5,10-11,13,17H,6-9,12H2,1H3,(H,29,33)(H,27,28,30,31). The number of aromatic nitrogens is 3. The molecule has 0 spiro atoms. The lowest BCUT2D eigenvalue weighted by Crippen LogP contribution is -2.38. The van der Waals surface area contributed by atoms with E-state index in [9.17, 15) is 13.6 Å². The molecule has 0 unspecified atom stereocenters. The number of amides is 1. The molecule has 0 aliphatic carbocycles. The van der Waals surface area contributed by atoms with Crippen LogP contribution in [0.3, 0.4) is 0 Å². The zero-order valence-electron chi connectivity index (χ0n) is 18.4. The molecule has 2 aromatic carbocycles. The van der Waals surface area contributed by atoms with Crippen LogP contribution < -0.4 is 15.5 Å². The van der Waals surface area contributed by atoms with Gasteiger partial charge in [-0.25, -0.2) is 18.7 Å².